The summed E-state index contributed by atoms with van der Waals surface area (Å²) in [5.41, 5.74) is 0.0978. The summed E-state index contributed by atoms with van der Waals surface area (Å²) < 4.78 is 5.71. The van der Waals surface area contributed by atoms with Crippen LogP contribution in [-0.2, 0) is 4.74 Å². The number of hydrogen-bond acceptors (Lipinski definition) is 3. The standard InChI is InChI=1S/C11H23NO2/c1-4-12-11(5-6-13)7-9(2)14-10(3)8-11/h9-10,12-13H,4-8H2,1-3H3. The predicted octanol–water partition coefficient (Wildman–Crippen LogP) is 1.30. The molecule has 1 fully saturated rings. The van der Waals surface area contributed by atoms with Gasteiger partial charge in [0.15, 0.2) is 0 Å². The molecule has 0 aliphatic carbocycles. The number of aliphatic hydroxyl groups excluding tert-OH is 1. The van der Waals surface area contributed by atoms with Crippen LogP contribution in [0.2, 0.25) is 0 Å². The first kappa shape index (κ1) is 12.0. The molecule has 84 valence electrons. The van der Waals surface area contributed by atoms with Gasteiger partial charge in [-0.1, -0.05) is 6.92 Å². The van der Waals surface area contributed by atoms with Crippen LogP contribution in [-0.4, -0.2) is 36.0 Å². The zero-order valence-corrected chi connectivity index (χ0v) is 9.55. The Kier molecular flexibility index (Phi) is 4.35. The lowest BCUT2D eigenvalue weighted by molar-refractivity contribution is -0.0733. The molecule has 2 unspecified atom stereocenters. The Labute approximate surface area is 86.8 Å². The van der Waals surface area contributed by atoms with Crippen LogP contribution in [0.1, 0.15) is 40.0 Å². The van der Waals surface area contributed by atoms with Crippen molar-refractivity contribution in [2.45, 2.75) is 57.8 Å². The highest BCUT2D eigenvalue weighted by molar-refractivity contribution is 4.94. The molecule has 2 atom stereocenters. The van der Waals surface area contributed by atoms with Gasteiger partial charge < -0.3 is 15.2 Å². The van der Waals surface area contributed by atoms with Crippen LogP contribution < -0.4 is 5.32 Å². The molecule has 1 saturated heterocycles. The largest absolute Gasteiger partial charge is 0.396 e. The molecule has 0 aromatic rings. The van der Waals surface area contributed by atoms with Gasteiger partial charge in [-0.05, 0) is 39.7 Å². The van der Waals surface area contributed by atoms with E-state index in [-0.39, 0.29) is 12.1 Å². The average Bonchev–Trinajstić information content (AvgIpc) is 2.02. The van der Waals surface area contributed by atoms with E-state index in [0.717, 1.165) is 25.8 Å². The molecule has 0 saturated carbocycles. The molecule has 2 N–H and O–H groups in total. The van der Waals surface area contributed by atoms with Crippen molar-refractivity contribution in [3.8, 4) is 0 Å². The highest BCUT2D eigenvalue weighted by Gasteiger charge is 2.37. The number of ether oxygens (including phenoxy) is 1. The third-order valence-corrected chi connectivity index (χ3v) is 2.96. The fourth-order valence-corrected chi connectivity index (χ4v) is 2.70. The maximum atomic E-state index is 9.10. The molecule has 3 heteroatoms. The van der Waals surface area contributed by atoms with Crippen molar-refractivity contribution in [1.29, 1.82) is 0 Å². The molecule has 0 aromatic heterocycles. The molecule has 0 spiro atoms. The van der Waals surface area contributed by atoms with Crippen LogP contribution in [0, 0.1) is 0 Å². The molecule has 1 heterocycles. The van der Waals surface area contributed by atoms with Gasteiger partial charge in [-0.25, -0.2) is 0 Å². The third-order valence-electron chi connectivity index (χ3n) is 2.96. The second kappa shape index (κ2) is 5.10. The van der Waals surface area contributed by atoms with E-state index < -0.39 is 0 Å². The zero-order chi connectivity index (χ0) is 10.6. The van der Waals surface area contributed by atoms with Gasteiger partial charge in [0.05, 0.1) is 12.2 Å². The van der Waals surface area contributed by atoms with E-state index in [2.05, 4.69) is 26.1 Å². The monoisotopic (exact) mass is 201 g/mol. The van der Waals surface area contributed by atoms with Crippen LogP contribution in [0.15, 0.2) is 0 Å². The lowest BCUT2D eigenvalue weighted by atomic mass is 9.81. The van der Waals surface area contributed by atoms with E-state index in [1.165, 1.54) is 0 Å². The van der Waals surface area contributed by atoms with Crippen LogP contribution >= 0.6 is 0 Å². The first-order chi connectivity index (χ1) is 6.62. The molecule has 3 nitrogen and oxygen atoms in total. The molecule has 1 aliphatic rings. The molecule has 0 aromatic carbocycles. The smallest absolute Gasteiger partial charge is 0.0568 e. The Hall–Kier alpha value is -0.120. The summed E-state index contributed by atoms with van der Waals surface area (Å²) in [5, 5.41) is 12.6. The van der Waals surface area contributed by atoms with Crippen LogP contribution in [0.3, 0.4) is 0 Å². The van der Waals surface area contributed by atoms with Crippen molar-refractivity contribution in [3.63, 3.8) is 0 Å². The molecular formula is C11H23NO2. The lowest BCUT2D eigenvalue weighted by Crippen LogP contribution is -2.53. The quantitative estimate of drug-likeness (QED) is 0.720. The second-order valence-corrected chi connectivity index (χ2v) is 4.45. The number of nitrogens with one attached hydrogen (secondary N) is 1. The predicted molar refractivity (Wildman–Crippen MR) is 57.4 cm³/mol. The number of rotatable bonds is 4. The van der Waals surface area contributed by atoms with E-state index in [1.54, 1.807) is 0 Å². The minimum atomic E-state index is 0.0978. The van der Waals surface area contributed by atoms with Crippen molar-refractivity contribution in [3.05, 3.63) is 0 Å². The van der Waals surface area contributed by atoms with Crippen molar-refractivity contribution < 1.29 is 9.84 Å². The maximum absolute atomic E-state index is 9.10. The zero-order valence-electron chi connectivity index (χ0n) is 9.55. The molecule has 14 heavy (non-hydrogen) atoms. The summed E-state index contributed by atoms with van der Waals surface area (Å²) in [6, 6.07) is 0. The van der Waals surface area contributed by atoms with Gasteiger partial charge in [-0.3, -0.25) is 0 Å². The van der Waals surface area contributed by atoms with Gasteiger partial charge in [-0.15, -0.1) is 0 Å². The first-order valence-corrected chi connectivity index (χ1v) is 5.63. The SMILES string of the molecule is CCNC1(CCO)CC(C)OC(C)C1. The number of hydrogen-bond donors (Lipinski definition) is 2. The van der Waals surface area contributed by atoms with Crippen molar-refractivity contribution in [2.75, 3.05) is 13.2 Å². The third kappa shape index (κ3) is 2.94. The van der Waals surface area contributed by atoms with Crippen LogP contribution in [0.25, 0.3) is 0 Å². The van der Waals surface area contributed by atoms with Gasteiger partial charge >= 0.3 is 0 Å². The van der Waals surface area contributed by atoms with Gasteiger partial charge in [0.1, 0.15) is 0 Å². The van der Waals surface area contributed by atoms with Gasteiger partial charge in [-0.2, -0.15) is 0 Å². The molecule has 1 aliphatic heterocycles. The van der Waals surface area contributed by atoms with Crippen LogP contribution in [0.5, 0.6) is 0 Å². The highest BCUT2D eigenvalue weighted by atomic mass is 16.5. The Morgan fingerprint density at radius 1 is 1.36 bits per heavy atom. The Morgan fingerprint density at radius 3 is 2.36 bits per heavy atom. The summed E-state index contributed by atoms with van der Waals surface area (Å²) in [5.74, 6) is 0. The van der Waals surface area contributed by atoms with Gasteiger partial charge in [0.2, 0.25) is 0 Å². The van der Waals surface area contributed by atoms with Gasteiger partial charge in [0.25, 0.3) is 0 Å². The normalized spacial score (nSPS) is 38.6. The summed E-state index contributed by atoms with van der Waals surface area (Å²) >= 11 is 0. The van der Waals surface area contributed by atoms with Gasteiger partial charge in [0, 0.05) is 12.1 Å². The summed E-state index contributed by atoms with van der Waals surface area (Å²) in [6.07, 6.45) is 3.43. The molecule has 0 bridgehead atoms. The van der Waals surface area contributed by atoms with E-state index in [9.17, 15) is 0 Å². The average molecular weight is 201 g/mol. The minimum Gasteiger partial charge on any atom is -0.396 e. The molecule has 0 amide bonds. The van der Waals surface area contributed by atoms with E-state index in [1.807, 2.05) is 0 Å². The summed E-state index contributed by atoms with van der Waals surface area (Å²) in [6.45, 7) is 7.55. The topological polar surface area (TPSA) is 41.5 Å². The van der Waals surface area contributed by atoms with Crippen LogP contribution in [0.4, 0.5) is 0 Å². The molecule has 1 rings (SSSR count). The van der Waals surface area contributed by atoms with Crippen molar-refractivity contribution in [2.24, 2.45) is 0 Å². The minimum absolute atomic E-state index is 0.0978. The van der Waals surface area contributed by atoms with E-state index in [4.69, 9.17) is 9.84 Å². The lowest BCUT2D eigenvalue weighted by Gasteiger charge is -2.43. The fraction of sp³-hybridized carbons (Fsp3) is 1.00. The highest BCUT2D eigenvalue weighted by Crippen LogP contribution is 2.31. The maximum Gasteiger partial charge on any atom is 0.0568 e. The second-order valence-electron chi connectivity index (χ2n) is 4.45. The van der Waals surface area contributed by atoms with Crippen molar-refractivity contribution in [1.82, 2.24) is 5.32 Å². The molecular weight excluding hydrogens is 178 g/mol. The Balaban J connectivity index is 2.63. The fourth-order valence-electron chi connectivity index (χ4n) is 2.70. The van der Waals surface area contributed by atoms with Crippen molar-refractivity contribution >= 4 is 0 Å². The summed E-state index contributed by atoms with van der Waals surface area (Å²) in [7, 11) is 0. The van der Waals surface area contributed by atoms with E-state index >= 15 is 0 Å². The Bertz CT molecular complexity index is 155. The molecule has 0 radical (unpaired) electrons. The van der Waals surface area contributed by atoms with E-state index in [0.29, 0.717) is 12.2 Å². The number of aliphatic hydroxyl groups is 1. The Morgan fingerprint density at radius 2 is 1.93 bits per heavy atom. The summed E-state index contributed by atoms with van der Waals surface area (Å²) in [4.78, 5) is 0. The first-order valence-electron chi connectivity index (χ1n) is 5.63.